The number of nitrogen functional groups attached to an aromatic ring is 1. The van der Waals surface area contributed by atoms with Gasteiger partial charge in [-0.2, -0.15) is 11.8 Å². The van der Waals surface area contributed by atoms with Crippen molar-refractivity contribution in [2.75, 3.05) is 29.1 Å². The summed E-state index contributed by atoms with van der Waals surface area (Å²) in [5.74, 6) is 4.22. The number of hydrogen-bond acceptors (Lipinski definition) is 5. The Labute approximate surface area is 117 Å². The van der Waals surface area contributed by atoms with Gasteiger partial charge < -0.3 is 11.1 Å². The lowest BCUT2D eigenvalue weighted by atomic mass is 10.0. The first-order chi connectivity index (χ1) is 9.33. The molecule has 1 aromatic heterocycles. The maximum Gasteiger partial charge on any atom is 0.137 e. The molecule has 0 radical (unpaired) electrons. The average molecular weight is 274 g/mol. The third kappa shape index (κ3) is 2.92. The molecule has 100 valence electrons. The minimum absolute atomic E-state index is 0.749. The van der Waals surface area contributed by atoms with E-state index in [1.165, 1.54) is 24.3 Å². The molecule has 3 N–H and O–H groups in total. The Morgan fingerprint density at radius 1 is 1.26 bits per heavy atom. The summed E-state index contributed by atoms with van der Waals surface area (Å²) in [6.45, 7) is 0.988. The maximum absolute atomic E-state index is 5.85. The number of benzene rings is 1. The van der Waals surface area contributed by atoms with Gasteiger partial charge in [-0.3, -0.25) is 0 Å². The van der Waals surface area contributed by atoms with Crippen molar-refractivity contribution >= 4 is 34.2 Å². The standard InChI is InChI=1S/C14H18N4S/c15-11-1-2-13-12(7-11)14(18-9-17-13)16-8-10-3-5-19-6-4-10/h1-2,7,9-10H,3-6,8,15H2,(H,16,17,18). The molecule has 1 saturated heterocycles. The molecule has 0 bridgehead atoms. The number of nitrogens with zero attached hydrogens (tertiary/aromatic N) is 2. The number of nitrogens with one attached hydrogen (secondary N) is 1. The molecule has 0 unspecified atom stereocenters. The van der Waals surface area contributed by atoms with Crippen molar-refractivity contribution in [1.82, 2.24) is 9.97 Å². The highest BCUT2D eigenvalue weighted by Gasteiger charge is 2.14. The molecule has 19 heavy (non-hydrogen) atoms. The summed E-state index contributed by atoms with van der Waals surface area (Å²) < 4.78 is 0. The zero-order chi connectivity index (χ0) is 13.1. The van der Waals surface area contributed by atoms with Crippen LogP contribution in [0.1, 0.15) is 12.8 Å². The highest BCUT2D eigenvalue weighted by Crippen LogP contribution is 2.25. The van der Waals surface area contributed by atoms with Gasteiger partial charge >= 0.3 is 0 Å². The Hall–Kier alpha value is -1.49. The zero-order valence-electron chi connectivity index (χ0n) is 10.8. The number of rotatable bonds is 3. The van der Waals surface area contributed by atoms with Crippen LogP contribution in [0.2, 0.25) is 0 Å². The van der Waals surface area contributed by atoms with Crippen molar-refractivity contribution in [1.29, 1.82) is 0 Å². The highest BCUT2D eigenvalue weighted by molar-refractivity contribution is 7.99. The normalized spacial score (nSPS) is 16.6. The molecule has 4 nitrogen and oxygen atoms in total. The van der Waals surface area contributed by atoms with Crippen LogP contribution in [0.15, 0.2) is 24.5 Å². The lowest BCUT2D eigenvalue weighted by Crippen LogP contribution is -2.19. The average Bonchev–Trinajstić information content (AvgIpc) is 2.46. The molecule has 1 aliphatic heterocycles. The number of nitrogens with two attached hydrogens (primary N) is 1. The van der Waals surface area contributed by atoms with Crippen molar-refractivity contribution in [3.05, 3.63) is 24.5 Å². The Morgan fingerprint density at radius 3 is 2.95 bits per heavy atom. The first kappa shape index (κ1) is 12.5. The van der Waals surface area contributed by atoms with Crippen LogP contribution in [0.4, 0.5) is 11.5 Å². The predicted octanol–water partition coefficient (Wildman–Crippen LogP) is 2.77. The van der Waals surface area contributed by atoms with E-state index < -0.39 is 0 Å². The Balaban J connectivity index is 1.78. The SMILES string of the molecule is Nc1ccc2ncnc(NCC3CCSCC3)c2c1. The van der Waals surface area contributed by atoms with Gasteiger partial charge in [0.2, 0.25) is 0 Å². The topological polar surface area (TPSA) is 63.8 Å². The van der Waals surface area contributed by atoms with Crippen molar-refractivity contribution in [2.45, 2.75) is 12.8 Å². The summed E-state index contributed by atoms with van der Waals surface area (Å²) in [6.07, 6.45) is 4.20. The molecule has 5 heteroatoms. The minimum atomic E-state index is 0.749. The third-order valence-electron chi connectivity index (χ3n) is 3.56. The molecule has 1 aromatic carbocycles. The van der Waals surface area contributed by atoms with Crippen LogP contribution in [-0.2, 0) is 0 Å². The summed E-state index contributed by atoms with van der Waals surface area (Å²) in [6, 6.07) is 5.75. The summed E-state index contributed by atoms with van der Waals surface area (Å²) in [5, 5.41) is 4.48. The van der Waals surface area contributed by atoms with E-state index in [0.717, 1.165) is 34.9 Å². The number of fused-ring (bicyclic) bond motifs is 1. The van der Waals surface area contributed by atoms with Crippen molar-refractivity contribution in [3.8, 4) is 0 Å². The summed E-state index contributed by atoms with van der Waals surface area (Å²) in [5.41, 5.74) is 7.53. The maximum atomic E-state index is 5.85. The van der Waals surface area contributed by atoms with Crippen molar-refractivity contribution in [2.24, 2.45) is 5.92 Å². The second-order valence-corrected chi connectivity index (χ2v) is 6.16. The van der Waals surface area contributed by atoms with Gasteiger partial charge in [0.15, 0.2) is 0 Å². The van der Waals surface area contributed by atoms with Gasteiger partial charge in [0, 0.05) is 17.6 Å². The number of hydrogen-bond donors (Lipinski definition) is 2. The molecule has 0 saturated carbocycles. The van der Waals surface area contributed by atoms with E-state index >= 15 is 0 Å². The first-order valence-electron chi connectivity index (χ1n) is 6.65. The largest absolute Gasteiger partial charge is 0.399 e. The number of aromatic nitrogens is 2. The molecule has 1 aliphatic rings. The second-order valence-electron chi connectivity index (χ2n) is 4.94. The molecule has 3 rings (SSSR count). The molecule has 0 atom stereocenters. The van der Waals surface area contributed by atoms with E-state index in [0.29, 0.717) is 0 Å². The van der Waals surface area contributed by atoms with E-state index in [2.05, 4.69) is 27.0 Å². The van der Waals surface area contributed by atoms with Gasteiger partial charge in [-0.15, -0.1) is 0 Å². The zero-order valence-corrected chi connectivity index (χ0v) is 11.6. The summed E-state index contributed by atoms with van der Waals surface area (Å²) >= 11 is 2.05. The third-order valence-corrected chi connectivity index (χ3v) is 4.61. The Kier molecular flexibility index (Phi) is 3.73. The van der Waals surface area contributed by atoms with Gasteiger partial charge in [-0.05, 0) is 48.5 Å². The van der Waals surface area contributed by atoms with Gasteiger partial charge in [-0.1, -0.05) is 0 Å². The monoisotopic (exact) mass is 274 g/mol. The van der Waals surface area contributed by atoms with Crippen LogP contribution >= 0.6 is 11.8 Å². The summed E-state index contributed by atoms with van der Waals surface area (Å²) in [4.78, 5) is 8.62. The van der Waals surface area contributed by atoms with E-state index in [4.69, 9.17) is 5.73 Å². The quantitative estimate of drug-likeness (QED) is 0.843. The van der Waals surface area contributed by atoms with Crippen LogP contribution in [0, 0.1) is 5.92 Å². The molecular formula is C14H18N4S. The fraction of sp³-hybridized carbons (Fsp3) is 0.429. The first-order valence-corrected chi connectivity index (χ1v) is 7.80. The molecule has 1 fully saturated rings. The van der Waals surface area contributed by atoms with Crippen LogP contribution in [0.25, 0.3) is 10.9 Å². The Bertz CT molecular complexity index is 566. The highest BCUT2D eigenvalue weighted by atomic mass is 32.2. The van der Waals surface area contributed by atoms with Crippen LogP contribution in [0.3, 0.4) is 0 Å². The molecule has 0 spiro atoms. The van der Waals surface area contributed by atoms with Crippen LogP contribution < -0.4 is 11.1 Å². The number of thioether (sulfide) groups is 1. The van der Waals surface area contributed by atoms with Gasteiger partial charge in [0.05, 0.1) is 5.52 Å². The van der Waals surface area contributed by atoms with E-state index in [9.17, 15) is 0 Å². The molecule has 0 amide bonds. The van der Waals surface area contributed by atoms with E-state index in [1.807, 2.05) is 18.2 Å². The van der Waals surface area contributed by atoms with Crippen LogP contribution in [-0.4, -0.2) is 28.0 Å². The minimum Gasteiger partial charge on any atom is -0.399 e. The Morgan fingerprint density at radius 2 is 2.11 bits per heavy atom. The summed E-state index contributed by atoms with van der Waals surface area (Å²) in [7, 11) is 0. The van der Waals surface area contributed by atoms with Gasteiger partial charge in [-0.25, -0.2) is 9.97 Å². The van der Waals surface area contributed by atoms with Gasteiger partial charge in [0.25, 0.3) is 0 Å². The van der Waals surface area contributed by atoms with Crippen LogP contribution in [0.5, 0.6) is 0 Å². The van der Waals surface area contributed by atoms with E-state index in [-0.39, 0.29) is 0 Å². The fourth-order valence-electron chi connectivity index (χ4n) is 2.41. The smallest absolute Gasteiger partial charge is 0.137 e. The molecule has 2 heterocycles. The fourth-order valence-corrected chi connectivity index (χ4v) is 3.61. The second kappa shape index (κ2) is 5.65. The van der Waals surface area contributed by atoms with Crippen molar-refractivity contribution in [3.63, 3.8) is 0 Å². The molecular weight excluding hydrogens is 256 g/mol. The van der Waals surface area contributed by atoms with Crippen molar-refractivity contribution < 1.29 is 0 Å². The predicted molar refractivity (Wildman–Crippen MR) is 82.5 cm³/mol. The lowest BCUT2D eigenvalue weighted by Gasteiger charge is -2.22. The van der Waals surface area contributed by atoms with Gasteiger partial charge in [0.1, 0.15) is 12.1 Å². The molecule has 2 aromatic rings. The molecule has 0 aliphatic carbocycles. The van der Waals surface area contributed by atoms with E-state index in [1.54, 1.807) is 6.33 Å². The number of anilines is 2. The lowest BCUT2D eigenvalue weighted by molar-refractivity contribution is 0.515.